The number of rotatable bonds is 5. The van der Waals surface area contributed by atoms with Crippen LogP contribution in [0.3, 0.4) is 0 Å². The first kappa shape index (κ1) is 15.7. The normalized spacial score (nSPS) is 24.5. The maximum atomic E-state index is 11.3. The Labute approximate surface area is 121 Å². The summed E-state index contributed by atoms with van der Waals surface area (Å²) in [6, 6.07) is 0. The Bertz CT molecular complexity index is 297. The molecule has 5 heteroatoms. The van der Waals surface area contributed by atoms with E-state index in [0.717, 1.165) is 39.0 Å². The Balaban J connectivity index is 1.65. The van der Waals surface area contributed by atoms with E-state index in [-0.39, 0.29) is 5.92 Å². The summed E-state index contributed by atoms with van der Waals surface area (Å²) >= 11 is 0. The Morgan fingerprint density at radius 3 is 2.20 bits per heavy atom. The number of aliphatic hydroxyl groups excluding tert-OH is 1. The molecular formula is C15H28N2O3. The summed E-state index contributed by atoms with van der Waals surface area (Å²) in [4.78, 5) is 16.3. The summed E-state index contributed by atoms with van der Waals surface area (Å²) in [5.74, 6) is -0.426. The number of methoxy groups -OCH3 is 1. The molecule has 2 rings (SSSR count). The number of nitrogens with zero attached hydrogens (tertiary/aromatic N) is 2. The smallest absolute Gasteiger partial charge is 0.334 e. The molecule has 2 heterocycles. The van der Waals surface area contributed by atoms with E-state index >= 15 is 0 Å². The minimum atomic E-state index is -0.941. The minimum absolute atomic E-state index is 0.0636. The van der Waals surface area contributed by atoms with Crippen LogP contribution in [0.15, 0.2) is 0 Å². The van der Waals surface area contributed by atoms with Crippen LogP contribution in [-0.2, 0) is 9.53 Å². The molecule has 0 amide bonds. The molecule has 0 aromatic carbocycles. The highest BCUT2D eigenvalue weighted by molar-refractivity contribution is 5.74. The predicted octanol–water partition coefficient (Wildman–Crippen LogP) is 0.718. The Kier molecular flexibility index (Phi) is 6.26. The fourth-order valence-electron chi connectivity index (χ4n) is 3.27. The number of ether oxygens (including phenoxy) is 1. The van der Waals surface area contributed by atoms with Gasteiger partial charge in [0, 0.05) is 13.1 Å². The first-order valence-electron chi connectivity index (χ1n) is 7.91. The van der Waals surface area contributed by atoms with Gasteiger partial charge in [-0.1, -0.05) is 6.42 Å². The van der Waals surface area contributed by atoms with Crippen LogP contribution in [0.4, 0.5) is 0 Å². The molecule has 0 aromatic rings. The molecule has 1 N–H and O–H groups in total. The van der Waals surface area contributed by atoms with Gasteiger partial charge in [0.2, 0.25) is 0 Å². The third kappa shape index (κ3) is 4.43. The zero-order valence-corrected chi connectivity index (χ0v) is 12.6. The van der Waals surface area contributed by atoms with Crippen LogP contribution in [0.5, 0.6) is 0 Å². The van der Waals surface area contributed by atoms with Gasteiger partial charge in [-0.2, -0.15) is 0 Å². The van der Waals surface area contributed by atoms with E-state index in [1.165, 1.54) is 39.5 Å². The summed E-state index contributed by atoms with van der Waals surface area (Å²) in [6.45, 7) is 6.72. The van der Waals surface area contributed by atoms with Crippen LogP contribution >= 0.6 is 0 Å². The Hall–Kier alpha value is -0.650. The van der Waals surface area contributed by atoms with E-state index in [1.54, 1.807) is 0 Å². The summed E-state index contributed by atoms with van der Waals surface area (Å²) in [6.07, 6.45) is 4.89. The van der Waals surface area contributed by atoms with E-state index in [0.29, 0.717) is 0 Å². The predicted molar refractivity (Wildman–Crippen MR) is 77.5 cm³/mol. The molecule has 0 bridgehead atoms. The topological polar surface area (TPSA) is 53.0 Å². The highest BCUT2D eigenvalue weighted by atomic mass is 16.5. The Morgan fingerprint density at radius 1 is 1.10 bits per heavy atom. The average Bonchev–Trinajstić information content (AvgIpc) is 2.53. The van der Waals surface area contributed by atoms with Crippen molar-refractivity contribution in [2.24, 2.45) is 5.92 Å². The lowest BCUT2D eigenvalue weighted by atomic mass is 9.91. The van der Waals surface area contributed by atoms with Gasteiger partial charge in [-0.3, -0.25) is 0 Å². The first-order chi connectivity index (χ1) is 9.70. The van der Waals surface area contributed by atoms with Gasteiger partial charge in [0.05, 0.1) is 7.11 Å². The fraction of sp³-hybridized carbons (Fsp3) is 0.933. The molecule has 1 atom stereocenters. The number of hydrogen-bond acceptors (Lipinski definition) is 5. The van der Waals surface area contributed by atoms with E-state index in [1.807, 2.05) is 0 Å². The number of likely N-dealkylation sites (tertiary alicyclic amines) is 2. The molecule has 2 fully saturated rings. The summed E-state index contributed by atoms with van der Waals surface area (Å²) in [7, 11) is 1.33. The number of esters is 1. The van der Waals surface area contributed by atoms with Crippen molar-refractivity contribution in [1.29, 1.82) is 0 Å². The van der Waals surface area contributed by atoms with Gasteiger partial charge in [-0.15, -0.1) is 0 Å². The lowest BCUT2D eigenvalue weighted by Gasteiger charge is -2.35. The maximum absolute atomic E-state index is 11.3. The molecule has 20 heavy (non-hydrogen) atoms. The third-order valence-corrected chi connectivity index (χ3v) is 4.70. The van der Waals surface area contributed by atoms with Crippen LogP contribution in [0, 0.1) is 5.92 Å². The highest BCUT2D eigenvalue weighted by Gasteiger charge is 2.30. The van der Waals surface area contributed by atoms with E-state index in [4.69, 9.17) is 0 Å². The molecular weight excluding hydrogens is 256 g/mol. The van der Waals surface area contributed by atoms with Crippen molar-refractivity contribution in [3.8, 4) is 0 Å². The van der Waals surface area contributed by atoms with Gasteiger partial charge in [-0.25, -0.2) is 4.79 Å². The highest BCUT2D eigenvalue weighted by Crippen LogP contribution is 2.21. The SMILES string of the molecule is COC(=O)C(O)C1CCN(CCN2CCCCC2)CC1. The fourth-order valence-corrected chi connectivity index (χ4v) is 3.27. The van der Waals surface area contributed by atoms with Gasteiger partial charge in [0.25, 0.3) is 0 Å². The number of hydrogen-bond donors (Lipinski definition) is 1. The van der Waals surface area contributed by atoms with E-state index < -0.39 is 12.1 Å². The molecule has 0 radical (unpaired) electrons. The van der Waals surface area contributed by atoms with Crippen molar-refractivity contribution >= 4 is 5.97 Å². The molecule has 5 nitrogen and oxygen atoms in total. The van der Waals surface area contributed by atoms with Crippen molar-refractivity contribution in [2.45, 2.75) is 38.2 Å². The molecule has 2 saturated heterocycles. The molecule has 1 unspecified atom stereocenters. The van der Waals surface area contributed by atoms with Crippen LogP contribution in [0.1, 0.15) is 32.1 Å². The van der Waals surface area contributed by atoms with Gasteiger partial charge in [0.15, 0.2) is 6.10 Å². The zero-order valence-electron chi connectivity index (χ0n) is 12.6. The van der Waals surface area contributed by atoms with Crippen LogP contribution in [0.2, 0.25) is 0 Å². The summed E-state index contributed by atoms with van der Waals surface area (Å²) in [5.41, 5.74) is 0. The van der Waals surface area contributed by atoms with Gasteiger partial charge in [0.1, 0.15) is 0 Å². The largest absolute Gasteiger partial charge is 0.467 e. The lowest BCUT2D eigenvalue weighted by molar-refractivity contribution is -0.154. The number of carbonyl (C=O) groups is 1. The molecule has 0 saturated carbocycles. The molecule has 0 aliphatic carbocycles. The number of aliphatic hydroxyl groups is 1. The van der Waals surface area contributed by atoms with Crippen molar-refractivity contribution in [3.05, 3.63) is 0 Å². The molecule has 116 valence electrons. The quantitative estimate of drug-likeness (QED) is 0.754. The van der Waals surface area contributed by atoms with E-state index in [9.17, 15) is 9.90 Å². The second-order valence-electron chi connectivity index (χ2n) is 6.05. The molecule has 0 aromatic heterocycles. The molecule has 0 spiro atoms. The average molecular weight is 284 g/mol. The summed E-state index contributed by atoms with van der Waals surface area (Å²) in [5, 5.41) is 9.86. The Morgan fingerprint density at radius 2 is 1.65 bits per heavy atom. The first-order valence-corrected chi connectivity index (χ1v) is 7.91. The second-order valence-corrected chi connectivity index (χ2v) is 6.05. The van der Waals surface area contributed by atoms with Crippen molar-refractivity contribution < 1.29 is 14.6 Å². The van der Waals surface area contributed by atoms with Gasteiger partial charge in [-0.05, 0) is 57.8 Å². The number of carbonyl (C=O) groups excluding carboxylic acids is 1. The van der Waals surface area contributed by atoms with Crippen LogP contribution in [-0.4, -0.2) is 73.4 Å². The van der Waals surface area contributed by atoms with Crippen molar-refractivity contribution in [2.75, 3.05) is 46.4 Å². The van der Waals surface area contributed by atoms with E-state index in [2.05, 4.69) is 14.5 Å². The monoisotopic (exact) mass is 284 g/mol. The van der Waals surface area contributed by atoms with Crippen molar-refractivity contribution in [3.63, 3.8) is 0 Å². The maximum Gasteiger partial charge on any atom is 0.334 e. The summed E-state index contributed by atoms with van der Waals surface area (Å²) < 4.78 is 4.61. The molecule has 2 aliphatic heterocycles. The third-order valence-electron chi connectivity index (χ3n) is 4.70. The van der Waals surface area contributed by atoms with Crippen molar-refractivity contribution in [1.82, 2.24) is 9.80 Å². The number of piperidine rings is 2. The van der Waals surface area contributed by atoms with Gasteiger partial charge < -0.3 is 19.6 Å². The minimum Gasteiger partial charge on any atom is -0.467 e. The molecule has 2 aliphatic rings. The van der Waals surface area contributed by atoms with Crippen LogP contribution < -0.4 is 0 Å². The lowest BCUT2D eigenvalue weighted by Crippen LogP contribution is -2.44. The second kappa shape index (κ2) is 7.96. The zero-order chi connectivity index (χ0) is 14.4. The van der Waals surface area contributed by atoms with Gasteiger partial charge >= 0.3 is 5.97 Å². The standard InChI is InChI=1S/C15H28N2O3/c1-20-15(19)14(18)13-5-9-17(10-6-13)12-11-16-7-3-2-4-8-16/h13-14,18H,2-12H2,1H3. The van der Waals surface area contributed by atoms with Crippen LogP contribution in [0.25, 0.3) is 0 Å².